The molecule has 7 heteroatoms. The van der Waals surface area contributed by atoms with E-state index in [4.69, 9.17) is 21.1 Å². The smallest absolute Gasteiger partial charge is 0.317 e. The summed E-state index contributed by atoms with van der Waals surface area (Å²) in [4.78, 5) is 18.5. The van der Waals surface area contributed by atoms with E-state index in [0.717, 1.165) is 5.56 Å². The molecule has 0 aromatic heterocycles. The molecule has 0 saturated carbocycles. The highest BCUT2D eigenvalue weighted by Crippen LogP contribution is 2.44. The van der Waals surface area contributed by atoms with Gasteiger partial charge in [0.05, 0.1) is 12.5 Å². The van der Waals surface area contributed by atoms with Crippen LogP contribution in [0.15, 0.2) is 35.5 Å². The van der Waals surface area contributed by atoms with Gasteiger partial charge in [-0.15, -0.1) is 0 Å². The second-order valence-corrected chi connectivity index (χ2v) is 6.06. The Balaban J connectivity index is 1.85. The molecule has 1 spiro atoms. The molecule has 1 atom stereocenters. The first kappa shape index (κ1) is 15.5. The number of likely N-dealkylation sites (tertiary alicyclic amines) is 1. The second-order valence-electron chi connectivity index (χ2n) is 6.06. The number of nitrogens with one attached hydrogen (secondary N) is 1. The quantitative estimate of drug-likeness (QED) is 0.567. The van der Waals surface area contributed by atoms with Gasteiger partial charge in [-0.05, 0) is 5.56 Å². The summed E-state index contributed by atoms with van der Waals surface area (Å²) in [6.07, 6.45) is 1.31. The third kappa shape index (κ3) is 2.92. The minimum atomic E-state index is -0.825. The summed E-state index contributed by atoms with van der Waals surface area (Å²) in [5.41, 5.74) is 6.63. The standard InChI is InChI=1S/C16H20N4O3/c17-15(18)14-13(11-4-2-1-3-5-11)16(23-19-14)6-8-20(9-7-16)10-12(21)22/h1-5,13H,6-10H2,(H3,17,18)(H,21,22). The van der Waals surface area contributed by atoms with Crippen molar-refractivity contribution in [3.63, 3.8) is 0 Å². The van der Waals surface area contributed by atoms with Crippen LogP contribution in [-0.2, 0) is 9.63 Å². The Morgan fingerprint density at radius 2 is 2.04 bits per heavy atom. The van der Waals surface area contributed by atoms with Crippen LogP contribution in [0.4, 0.5) is 0 Å². The van der Waals surface area contributed by atoms with E-state index in [9.17, 15) is 4.79 Å². The zero-order chi connectivity index (χ0) is 16.4. The number of rotatable bonds is 4. The molecule has 1 aromatic rings. The lowest BCUT2D eigenvalue weighted by Crippen LogP contribution is -2.50. The molecular weight excluding hydrogens is 296 g/mol. The predicted octanol–water partition coefficient (Wildman–Crippen LogP) is 1.01. The zero-order valence-electron chi connectivity index (χ0n) is 12.7. The predicted molar refractivity (Wildman–Crippen MR) is 85.7 cm³/mol. The summed E-state index contributed by atoms with van der Waals surface area (Å²) in [5, 5.41) is 20.8. The zero-order valence-corrected chi connectivity index (χ0v) is 12.7. The topological polar surface area (TPSA) is 112 Å². The van der Waals surface area contributed by atoms with Crippen molar-refractivity contribution in [2.45, 2.75) is 24.4 Å². The monoisotopic (exact) mass is 316 g/mol. The molecule has 1 saturated heterocycles. The first-order chi connectivity index (χ1) is 11.0. The number of carbonyl (C=O) groups is 1. The van der Waals surface area contributed by atoms with Crippen molar-refractivity contribution >= 4 is 17.5 Å². The van der Waals surface area contributed by atoms with Crippen molar-refractivity contribution in [3.05, 3.63) is 35.9 Å². The minimum Gasteiger partial charge on any atom is -0.480 e. The van der Waals surface area contributed by atoms with Gasteiger partial charge in [0.2, 0.25) is 0 Å². The number of nitrogens with two attached hydrogens (primary N) is 1. The summed E-state index contributed by atoms with van der Waals surface area (Å²) in [6.45, 7) is 1.28. The maximum absolute atomic E-state index is 10.9. The molecule has 23 heavy (non-hydrogen) atoms. The molecule has 1 fully saturated rings. The fraction of sp³-hybridized carbons (Fsp3) is 0.438. The van der Waals surface area contributed by atoms with Crippen molar-refractivity contribution in [3.8, 4) is 0 Å². The molecule has 0 bridgehead atoms. The molecule has 0 amide bonds. The normalized spacial score (nSPS) is 23.3. The van der Waals surface area contributed by atoms with Crippen LogP contribution in [0.2, 0.25) is 0 Å². The fourth-order valence-electron chi connectivity index (χ4n) is 3.47. The van der Waals surface area contributed by atoms with Crippen molar-refractivity contribution in [1.82, 2.24) is 4.90 Å². The number of amidine groups is 1. The first-order valence-electron chi connectivity index (χ1n) is 7.61. The molecule has 0 aliphatic carbocycles. The van der Waals surface area contributed by atoms with Crippen LogP contribution < -0.4 is 5.73 Å². The molecule has 2 heterocycles. The van der Waals surface area contributed by atoms with Gasteiger partial charge in [-0.25, -0.2) is 0 Å². The Morgan fingerprint density at radius 1 is 1.39 bits per heavy atom. The summed E-state index contributed by atoms with van der Waals surface area (Å²) < 4.78 is 0. The second kappa shape index (κ2) is 6.00. The van der Waals surface area contributed by atoms with Gasteiger partial charge >= 0.3 is 5.97 Å². The maximum atomic E-state index is 10.9. The molecule has 1 unspecified atom stereocenters. The maximum Gasteiger partial charge on any atom is 0.317 e. The molecule has 4 N–H and O–H groups in total. The number of hydrogen-bond acceptors (Lipinski definition) is 5. The Bertz CT molecular complexity index is 636. The molecule has 0 radical (unpaired) electrons. The number of oxime groups is 1. The van der Waals surface area contributed by atoms with Crippen molar-refractivity contribution in [1.29, 1.82) is 5.41 Å². The van der Waals surface area contributed by atoms with Gasteiger partial charge in [0.15, 0.2) is 5.60 Å². The highest BCUT2D eigenvalue weighted by Gasteiger charge is 2.51. The number of hydrogen-bond donors (Lipinski definition) is 3. The molecule has 2 aliphatic rings. The van der Waals surface area contributed by atoms with Gasteiger partial charge in [0, 0.05) is 25.9 Å². The van der Waals surface area contributed by atoms with E-state index in [1.807, 2.05) is 35.2 Å². The average molecular weight is 316 g/mol. The van der Waals surface area contributed by atoms with Crippen molar-refractivity contribution < 1.29 is 14.7 Å². The molecule has 1 aromatic carbocycles. The van der Waals surface area contributed by atoms with Crippen molar-refractivity contribution in [2.24, 2.45) is 10.9 Å². The highest BCUT2D eigenvalue weighted by atomic mass is 16.7. The van der Waals surface area contributed by atoms with Gasteiger partial charge < -0.3 is 15.7 Å². The van der Waals surface area contributed by atoms with Gasteiger partial charge in [0.25, 0.3) is 0 Å². The Kier molecular flexibility index (Phi) is 4.04. The number of aliphatic carboxylic acids is 1. The molecule has 122 valence electrons. The molecule has 3 rings (SSSR count). The van der Waals surface area contributed by atoms with E-state index in [1.165, 1.54) is 0 Å². The van der Waals surface area contributed by atoms with E-state index < -0.39 is 11.6 Å². The summed E-state index contributed by atoms with van der Waals surface area (Å²) in [6, 6.07) is 9.80. The van der Waals surface area contributed by atoms with Crippen molar-refractivity contribution in [2.75, 3.05) is 19.6 Å². The number of benzene rings is 1. The summed E-state index contributed by atoms with van der Waals surface area (Å²) in [5.74, 6) is -1.09. The van der Waals surface area contributed by atoms with Crippen LogP contribution in [0.5, 0.6) is 0 Å². The van der Waals surface area contributed by atoms with Crippen LogP contribution >= 0.6 is 0 Å². The minimum absolute atomic E-state index is 0.0342. The Hall–Kier alpha value is -2.41. The first-order valence-corrected chi connectivity index (χ1v) is 7.61. The lowest BCUT2D eigenvalue weighted by Gasteiger charge is -2.40. The molecular formula is C16H20N4O3. The Labute approximate surface area is 134 Å². The van der Waals surface area contributed by atoms with E-state index in [1.54, 1.807) is 0 Å². The van der Waals surface area contributed by atoms with Crippen LogP contribution in [-0.4, -0.2) is 52.8 Å². The average Bonchev–Trinajstić information content (AvgIpc) is 2.89. The number of carboxylic acids is 1. The van der Waals surface area contributed by atoms with E-state index in [2.05, 4.69) is 5.16 Å². The lowest BCUT2D eigenvalue weighted by atomic mass is 9.73. The number of nitrogens with zero attached hydrogens (tertiary/aromatic N) is 2. The van der Waals surface area contributed by atoms with Crippen LogP contribution in [0, 0.1) is 5.41 Å². The van der Waals surface area contributed by atoms with Gasteiger partial charge in [-0.3, -0.25) is 15.1 Å². The number of carboxylic acid groups (broad SMARTS) is 1. The SMILES string of the molecule is N=C(N)C1=NOC2(CCN(CC(=O)O)CC2)C1c1ccccc1. The highest BCUT2D eigenvalue weighted by molar-refractivity contribution is 6.42. The fourth-order valence-corrected chi connectivity index (χ4v) is 3.47. The summed E-state index contributed by atoms with van der Waals surface area (Å²) in [7, 11) is 0. The van der Waals surface area contributed by atoms with Gasteiger partial charge in [-0.2, -0.15) is 0 Å². The van der Waals surface area contributed by atoms with Crippen LogP contribution in [0.3, 0.4) is 0 Å². The van der Waals surface area contributed by atoms with E-state index in [-0.39, 0.29) is 18.3 Å². The van der Waals surface area contributed by atoms with E-state index in [0.29, 0.717) is 31.6 Å². The van der Waals surface area contributed by atoms with Crippen LogP contribution in [0.1, 0.15) is 24.3 Å². The third-order valence-corrected chi connectivity index (χ3v) is 4.60. The molecule has 7 nitrogen and oxygen atoms in total. The van der Waals surface area contributed by atoms with Gasteiger partial charge in [0.1, 0.15) is 11.5 Å². The van der Waals surface area contributed by atoms with Crippen LogP contribution in [0.25, 0.3) is 0 Å². The number of piperidine rings is 1. The lowest BCUT2D eigenvalue weighted by molar-refractivity contribution is -0.140. The Morgan fingerprint density at radius 3 is 2.61 bits per heavy atom. The van der Waals surface area contributed by atoms with E-state index >= 15 is 0 Å². The third-order valence-electron chi connectivity index (χ3n) is 4.60. The largest absolute Gasteiger partial charge is 0.480 e. The molecule has 2 aliphatic heterocycles. The summed E-state index contributed by atoms with van der Waals surface area (Å²) >= 11 is 0. The van der Waals surface area contributed by atoms with Gasteiger partial charge in [-0.1, -0.05) is 35.5 Å².